The Morgan fingerprint density at radius 3 is 2.50 bits per heavy atom. The zero-order valence-corrected chi connectivity index (χ0v) is 11.8. The first kappa shape index (κ1) is 13.0. The van der Waals surface area contributed by atoms with Gasteiger partial charge in [0.05, 0.1) is 13.2 Å². The second kappa shape index (κ2) is 5.97. The van der Waals surface area contributed by atoms with Crippen molar-refractivity contribution in [2.45, 2.75) is 6.04 Å². The molecule has 0 aromatic heterocycles. The van der Waals surface area contributed by atoms with Crippen LogP contribution in [0, 0.1) is 0 Å². The third-order valence-corrected chi connectivity index (χ3v) is 3.83. The van der Waals surface area contributed by atoms with Crippen molar-refractivity contribution in [1.29, 1.82) is 0 Å². The highest BCUT2D eigenvalue weighted by molar-refractivity contribution is 5.50. The number of hydrogen-bond donors (Lipinski definition) is 1. The number of hydrogen-bond acceptors (Lipinski definition) is 3. The van der Waals surface area contributed by atoms with E-state index in [2.05, 4.69) is 52.7 Å². The molecule has 3 heteroatoms. The first-order valence-electron chi connectivity index (χ1n) is 7.05. The summed E-state index contributed by atoms with van der Waals surface area (Å²) in [5.74, 6) is 0.906. The zero-order valence-electron chi connectivity index (χ0n) is 11.8. The maximum atomic E-state index is 5.24. The first-order chi connectivity index (χ1) is 9.88. The van der Waals surface area contributed by atoms with Crippen molar-refractivity contribution in [3.8, 4) is 5.75 Å². The van der Waals surface area contributed by atoms with Crippen LogP contribution in [0.2, 0.25) is 0 Å². The van der Waals surface area contributed by atoms with Crippen molar-refractivity contribution in [1.82, 2.24) is 5.32 Å². The van der Waals surface area contributed by atoms with Gasteiger partial charge in [-0.05, 0) is 29.8 Å². The molecule has 1 N–H and O–H groups in total. The summed E-state index contributed by atoms with van der Waals surface area (Å²) < 4.78 is 5.24. The summed E-state index contributed by atoms with van der Waals surface area (Å²) in [5, 5.41) is 3.49. The normalized spacial score (nSPS) is 18.9. The molecule has 2 aromatic rings. The summed E-state index contributed by atoms with van der Waals surface area (Å²) in [5.41, 5.74) is 2.61. The minimum Gasteiger partial charge on any atom is -0.497 e. The second-order valence-electron chi connectivity index (χ2n) is 5.02. The summed E-state index contributed by atoms with van der Waals surface area (Å²) in [6.45, 7) is 3.03. The average Bonchev–Trinajstić information content (AvgIpc) is 2.56. The van der Waals surface area contributed by atoms with Crippen molar-refractivity contribution >= 4 is 5.69 Å². The van der Waals surface area contributed by atoms with E-state index in [4.69, 9.17) is 4.74 Å². The molecule has 0 saturated carbocycles. The molecule has 20 heavy (non-hydrogen) atoms. The van der Waals surface area contributed by atoms with Gasteiger partial charge < -0.3 is 15.0 Å². The SMILES string of the molecule is COc1ccc(C2CNCCN2c2ccccc2)cc1. The van der Waals surface area contributed by atoms with Crippen molar-refractivity contribution in [3.63, 3.8) is 0 Å². The fraction of sp³-hybridized carbons (Fsp3) is 0.294. The van der Waals surface area contributed by atoms with Crippen LogP contribution in [0.3, 0.4) is 0 Å². The molecule has 3 nitrogen and oxygen atoms in total. The summed E-state index contributed by atoms with van der Waals surface area (Å²) in [7, 11) is 1.70. The number of methoxy groups -OCH3 is 1. The second-order valence-corrected chi connectivity index (χ2v) is 5.02. The number of nitrogens with zero attached hydrogens (tertiary/aromatic N) is 1. The number of nitrogens with one attached hydrogen (secondary N) is 1. The maximum absolute atomic E-state index is 5.24. The molecule has 1 saturated heterocycles. The molecule has 1 aliphatic rings. The summed E-state index contributed by atoms with van der Waals surface area (Å²) >= 11 is 0. The molecule has 3 rings (SSSR count). The van der Waals surface area contributed by atoms with Gasteiger partial charge in [-0.15, -0.1) is 0 Å². The molecule has 0 spiro atoms. The van der Waals surface area contributed by atoms with E-state index in [0.29, 0.717) is 6.04 Å². The minimum atomic E-state index is 0.372. The molecule has 1 aliphatic heterocycles. The van der Waals surface area contributed by atoms with Gasteiger partial charge in [0.25, 0.3) is 0 Å². The predicted octanol–water partition coefficient (Wildman–Crippen LogP) is 2.85. The van der Waals surface area contributed by atoms with Gasteiger partial charge in [0, 0.05) is 25.3 Å². The third-order valence-electron chi connectivity index (χ3n) is 3.83. The number of benzene rings is 2. The van der Waals surface area contributed by atoms with Crippen molar-refractivity contribution < 1.29 is 4.74 Å². The molecule has 1 fully saturated rings. The number of para-hydroxylation sites is 1. The van der Waals surface area contributed by atoms with E-state index < -0.39 is 0 Å². The summed E-state index contributed by atoms with van der Waals surface area (Å²) in [6, 6.07) is 19.4. The van der Waals surface area contributed by atoms with Crippen LogP contribution in [-0.4, -0.2) is 26.7 Å². The van der Waals surface area contributed by atoms with Gasteiger partial charge in [0.2, 0.25) is 0 Å². The van der Waals surface area contributed by atoms with E-state index >= 15 is 0 Å². The van der Waals surface area contributed by atoms with Gasteiger partial charge >= 0.3 is 0 Å². The van der Waals surface area contributed by atoms with E-state index in [9.17, 15) is 0 Å². The van der Waals surface area contributed by atoms with E-state index in [0.717, 1.165) is 25.4 Å². The average molecular weight is 268 g/mol. The highest BCUT2D eigenvalue weighted by Crippen LogP contribution is 2.29. The fourth-order valence-corrected chi connectivity index (χ4v) is 2.76. The third kappa shape index (κ3) is 2.63. The fourth-order valence-electron chi connectivity index (χ4n) is 2.76. The molecular weight excluding hydrogens is 248 g/mol. The summed E-state index contributed by atoms with van der Waals surface area (Å²) in [4.78, 5) is 2.47. The smallest absolute Gasteiger partial charge is 0.118 e. The predicted molar refractivity (Wildman–Crippen MR) is 82.4 cm³/mol. The molecule has 1 heterocycles. The van der Waals surface area contributed by atoms with Crippen LogP contribution in [0.25, 0.3) is 0 Å². The lowest BCUT2D eigenvalue weighted by Gasteiger charge is -2.38. The van der Waals surface area contributed by atoms with Crippen LogP contribution in [0.15, 0.2) is 54.6 Å². The maximum Gasteiger partial charge on any atom is 0.118 e. The van der Waals surface area contributed by atoms with Crippen LogP contribution in [0.5, 0.6) is 5.75 Å². The Hall–Kier alpha value is -2.00. The van der Waals surface area contributed by atoms with Crippen molar-refractivity contribution in [2.24, 2.45) is 0 Å². The highest BCUT2D eigenvalue weighted by atomic mass is 16.5. The monoisotopic (exact) mass is 268 g/mol. The Bertz CT molecular complexity index is 539. The topological polar surface area (TPSA) is 24.5 Å². The molecule has 1 atom stereocenters. The van der Waals surface area contributed by atoms with E-state index in [1.807, 2.05) is 12.1 Å². The lowest BCUT2D eigenvalue weighted by molar-refractivity contribution is 0.414. The number of ether oxygens (including phenoxy) is 1. The Morgan fingerprint density at radius 1 is 1.05 bits per heavy atom. The first-order valence-corrected chi connectivity index (χ1v) is 7.05. The number of anilines is 1. The van der Waals surface area contributed by atoms with Gasteiger partial charge in [-0.3, -0.25) is 0 Å². The van der Waals surface area contributed by atoms with Crippen LogP contribution < -0.4 is 15.0 Å². The quantitative estimate of drug-likeness (QED) is 0.926. The lowest BCUT2D eigenvalue weighted by Crippen LogP contribution is -2.46. The molecule has 104 valence electrons. The van der Waals surface area contributed by atoms with Gasteiger partial charge in [-0.25, -0.2) is 0 Å². The summed E-state index contributed by atoms with van der Waals surface area (Å²) in [6.07, 6.45) is 0. The molecule has 2 aromatic carbocycles. The largest absolute Gasteiger partial charge is 0.497 e. The number of piperazine rings is 1. The van der Waals surface area contributed by atoms with E-state index in [1.165, 1.54) is 11.3 Å². The van der Waals surface area contributed by atoms with Gasteiger partial charge in [0.15, 0.2) is 0 Å². The molecule has 0 amide bonds. The standard InChI is InChI=1S/C17H20N2O/c1-20-16-9-7-14(8-10-16)17-13-18-11-12-19(17)15-5-3-2-4-6-15/h2-10,17-18H,11-13H2,1H3. The van der Waals surface area contributed by atoms with Crippen LogP contribution >= 0.6 is 0 Å². The van der Waals surface area contributed by atoms with Crippen LogP contribution in [-0.2, 0) is 0 Å². The van der Waals surface area contributed by atoms with E-state index in [-0.39, 0.29) is 0 Å². The molecular formula is C17H20N2O. The molecule has 0 aliphatic carbocycles. The van der Waals surface area contributed by atoms with Gasteiger partial charge in [-0.1, -0.05) is 30.3 Å². The Morgan fingerprint density at radius 2 is 1.80 bits per heavy atom. The zero-order chi connectivity index (χ0) is 13.8. The Balaban J connectivity index is 1.88. The van der Waals surface area contributed by atoms with Gasteiger partial charge in [0.1, 0.15) is 5.75 Å². The van der Waals surface area contributed by atoms with Crippen molar-refractivity contribution in [2.75, 3.05) is 31.6 Å². The number of rotatable bonds is 3. The minimum absolute atomic E-state index is 0.372. The lowest BCUT2D eigenvalue weighted by atomic mass is 10.0. The van der Waals surface area contributed by atoms with Crippen molar-refractivity contribution in [3.05, 3.63) is 60.2 Å². The highest BCUT2D eigenvalue weighted by Gasteiger charge is 2.23. The van der Waals surface area contributed by atoms with E-state index in [1.54, 1.807) is 7.11 Å². The molecule has 0 radical (unpaired) electrons. The van der Waals surface area contributed by atoms with Crippen LogP contribution in [0.1, 0.15) is 11.6 Å². The molecule has 1 unspecified atom stereocenters. The Kier molecular flexibility index (Phi) is 3.88. The van der Waals surface area contributed by atoms with Crippen LogP contribution in [0.4, 0.5) is 5.69 Å². The Labute approximate surface area is 120 Å². The molecule has 0 bridgehead atoms. The van der Waals surface area contributed by atoms with Gasteiger partial charge in [-0.2, -0.15) is 0 Å².